The van der Waals surface area contributed by atoms with Gasteiger partial charge in [-0.15, -0.1) is 0 Å². The van der Waals surface area contributed by atoms with Gasteiger partial charge >= 0.3 is 0 Å². The van der Waals surface area contributed by atoms with Gasteiger partial charge < -0.3 is 20.2 Å². The van der Waals surface area contributed by atoms with E-state index in [1.807, 2.05) is 30.3 Å². The van der Waals surface area contributed by atoms with Crippen molar-refractivity contribution in [2.24, 2.45) is 0 Å². The molecule has 2 saturated heterocycles. The molecule has 27 heavy (non-hydrogen) atoms. The van der Waals surface area contributed by atoms with Crippen molar-refractivity contribution in [1.82, 2.24) is 15.1 Å². The molecule has 7 heteroatoms. The Hall–Kier alpha value is -2.67. The van der Waals surface area contributed by atoms with Gasteiger partial charge in [0.1, 0.15) is 0 Å². The summed E-state index contributed by atoms with van der Waals surface area (Å²) < 4.78 is 0. The molecular weight excluding hydrogens is 346 g/mol. The van der Waals surface area contributed by atoms with E-state index in [9.17, 15) is 19.5 Å². The number of benzene rings is 1. The molecule has 0 aromatic heterocycles. The Kier molecular flexibility index (Phi) is 5.60. The average Bonchev–Trinajstić information content (AvgIpc) is 2.72. The van der Waals surface area contributed by atoms with Crippen LogP contribution in [0.1, 0.15) is 18.4 Å². The average molecular weight is 371 g/mol. The summed E-state index contributed by atoms with van der Waals surface area (Å²) >= 11 is 0. The largest absolute Gasteiger partial charge is 0.394 e. The number of aliphatic hydroxyl groups is 1. The van der Waals surface area contributed by atoms with Gasteiger partial charge in [-0.2, -0.15) is 0 Å². The molecule has 1 aromatic carbocycles. The van der Waals surface area contributed by atoms with Crippen LogP contribution in [0.3, 0.4) is 0 Å². The molecule has 2 fully saturated rings. The minimum Gasteiger partial charge on any atom is -0.394 e. The van der Waals surface area contributed by atoms with Crippen LogP contribution in [-0.2, 0) is 19.8 Å². The maximum Gasteiger partial charge on any atom is 0.245 e. The van der Waals surface area contributed by atoms with Crippen molar-refractivity contribution in [2.45, 2.75) is 24.3 Å². The normalized spacial score (nSPS) is 22.1. The fourth-order valence-corrected chi connectivity index (χ4v) is 4.00. The first-order valence-corrected chi connectivity index (χ1v) is 9.16. The molecule has 1 aromatic rings. The Morgan fingerprint density at radius 1 is 1.22 bits per heavy atom. The van der Waals surface area contributed by atoms with Gasteiger partial charge in [-0.3, -0.25) is 14.4 Å². The molecule has 3 amide bonds. The molecule has 7 nitrogen and oxygen atoms in total. The van der Waals surface area contributed by atoms with E-state index >= 15 is 0 Å². The van der Waals surface area contributed by atoms with Gasteiger partial charge in [-0.05, 0) is 24.5 Å². The number of amides is 3. The molecule has 2 N–H and O–H groups in total. The summed E-state index contributed by atoms with van der Waals surface area (Å²) in [6.07, 6.45) is 2.26. The smallest absolute Gasteiger partial charge is 0.245 e. The van der Waals surface area contributed by atoms with Gasteiger partial charge in [0.25, 0.3) is 0 Å². The Balaban J connectivity index is 1.89. The third kappa shape index (κ3) is 3.73. The molecule has 144 valence electrons. The van der Waals surface area contributed by atoms with E-state index in [4.69, 9.17) is 0 Å². The first-order valence-electron chi connectivity index (χ1n) is 9.16. The van der Waals surface area contributed by atoms with Gasteiger partial charge in [-0.25, -0.2) is 0 Å². The summed E-state index contributed by atoms with van der Waals surface area (Å²) in [5, 5.41) is 12.1. The van der Waals surface area contributed by atoms with Crippen LogP contribution in [0.15, 0.2) is 43.0 Å². The summed E-state index contributed by atoms with van der Waals surface area (Å²) in [6.45, 7) is 4.49. The lowest BCUT2D eigenvalue weighted by atomic mass is 9.71. The van der Waals surface area contributed by atoms with E-state index in [2.05, 4.69) is 11.9 Å². The number of piperidine rings is 1. The molecule has 1 atom stereocenters. The fourth-order valence-electron chi connectivity index (χ4n) is 4.00. The van der Waals surface area contributed by atoms with E-state index in [-0.39, 0.29) is 37.4 Å². The van der Waals surface area contributed by atoms with Crippen molar-refractivity contribution < 1.29 is 19.5 Å². The van der Waals surface area contributed by atoms with Gasteiger partial charge in [0.2, 0.25) is 17.7 Å². The van der Waals surface area contributed by atoms with E-state index in [0.29, 0.717) is 25.9 Å². The van der Waals surface area contributed by atoms with Crippen molar-refractivity contribution in [2.75, 3.05) is 32.8 Å². The highest BCUT2D eigenvalue weighted by Gasteiger charge is 2.46. The van der Waals surface area contributed by atoms with E-state index in [0.717, 1.165) is 5.56 Å². The van der Waals surface area contributed by atoms with Gasteiger partial charge in [0.05, 0.1) is 24.6 Å². The molecule has 0 spiro atoms. The number of piperazine rings is 1. The van der Waals surface area contributed by atoms with E-state index < -0.39 is 11.5 Å². The van der Waals surface area contributed by atoms with Crippen LogP contribution in [-0.4, -0.2) is 71.5 Å². The number of nitrogens with zero attached hydrogens (tertiary/aromatic N) is 2. The Morgan fingerprint density at radius 2 is 1.89 bits per heavy atom. The molecular formula is C20H25N3O4. The third-order valence-corrected chi connectivity index (χ3v) is 5.49. The maximum atomic E-state index is 13.6. The van der Waals surface area contributed by atoms with Crippen LogP contribution in [0.5, 0.6) is 0 Å². The lowest BCUT2D eigenvalue weighted by Gasteiger charge is -2.44. The topological polar surface area (TPSA) is 90.0 Å². The summed E-state index contributed by atoms with van der Waals surface area (Å²) in [7, 11) is 0. The Labute approximate surface area is 158 Å². The van der Waals surface area contributed by atoms with Crippen LogP contribution in [0.25, 0.3) is 0 Å². The third-order valence-electron chi connectivity index (χ3n) is 5.49. The molecule has 0 bridgehead atoms. The molecule has 0 saturated carbocycles. The number of carbonyl (C=O) groups excluding carboxylic acids is 3. The van der Waals surface area contributed by atoms with E-state index in [1.165, 1.54) is 11.0 Å². The van der Waals surface area contributed by atoms with Gasteiger partial charge in [-0.1, -0.05) is 36.9 Å². The summed E-state index contributed by atoms with van der Waals surface area (Å²) in [5.74, 6) is -0.523. The molecule has 3 rings (SSSR count). The van der Waals surface area contributed by atoms with Crippen molar-refractivity contribution in [3.8, 4) is 0 Å². The molecule has 0 radical (unpaired) electrons. The molecule has 0 unspecified atom stereocenters. The molecule has 0 aliphatic carbocycles. The van der Waals surface area contributed by atoms with Crippen molar-refractivity contribution in [1.29, 1.82) is 0 Å². The number of likely N-dealkylation sites (tertiary alicyclic amines) is 1. The predicted molar refractivity (Wildman–Crippen MR) is 99.7 cm³/mol. The second kappa shape index (κ2) is 7.92. The number of rotatable bonds is 4. The molecule has 2 aliphatic rings. The maximum absolute atomic E-state index is 13.6. The number of aliphatic hydroxyl groups excluding tert-OH is 1. The Bertz CT molecular complexity index is 726. The lowest BCUT2D eigenvalue weighted by molar-refractivity contribution is -0.147. The van der Waals surface area contributed by atoms with Crippen molar-refractivity contribution in [3.05, 3.63) is 48.6 Å². The number of hydrogen-bond donors (Lipinski definition) is 2. The monoisotopic (exact) mass is 371 g/mol. The second-order valence-electron chi connectivity index (χ2n) is 7.11. The van der Waals surface area contributed by atoms with Gasteiger partial charge in [0.15, 0.2) is 0 Å². The van der Waals surface area contributed by atoms with Crippen molar-refractivity contribution in [3.63, 3.8) is 0 Å². The highest BCUT2D eigenvalue weighted by atomic mass is 16.3. The minimum absolute atomic E-state index is 0.0147. The van der Waals surface area contributed by atoms with Crippen molar-refractivity contribution >= 4 is 17.7 Å². The standard InChI is InChI=1S/C20H25N3O4/c1-2-18(26)22-10-8-20(9-11-22,15-6-4-3-5-7-15)19(27)23-12-16(14-24)21-17(25)13-23/h2-7,16,24H,1,8-14H2,(H,21,25)/t16-/m0/s1. The predicted octanol–water partition coefficient (Wildman–Crippen LogP) is 0.0521. The van der Waals surface area contributed by atoms with Gasteiger partial charge in [0, 0.05) is 19.6 Å². The number of carbonyl (C=O) groups is 3. The number of hydrogen-bond acceptors (Lipinski definition) is 4. The molecule has 2 aliphatic heterocycles. The summed E-state index contributed by atoms with van der Waals surface area (Å²) in [5.41, 5.74) is 0.115. The summed E-state index contributed by atoms with van der Waals surface area (Å²) in [4.78, 5) is 40.7. The number of nitrogens with one attached hydrogen (secondary N) is 1. The lowest BCUT2D eigenvalue weighted by Crippen LogP contribution is -2.62. The highest BCUT2D eigenvalue weighted by Crippen LogP contribution is 2.38. The van der Waals surface area contributed by atoms with Crippen LogP contribution in [0, 0.1) is 0 Å². The van der Waals surface area contributed by atoms with E-state index in [1.54, 1.807) is 4.90 Å². The van der Waals surface area contributed by atoms with Crippen LogP contribution < -0.4 is 5.32 Å². The Morgan fingerprint density at radius 3 is 2.48 bits per heavy atom. The first kappa shape index (κ1) is 19.1. The zero-order valence-corrected chi connectivity index (χ0v) is 15.3. The minimum atomic E-state index is -0.781. The second-order valence-corrected chi connectivity index (χ2v) is 7.11. The van der Waals surface area contributed by atoms with Crippen LogP contribution in [0.4, 0.5) is 0 Å². The highest BCUT2D eigenvalue weighted by molar-refractivity contribution is 5.93. The summed E-state index contributed by atoms with van der Waals surface area (Å²) in [6, 6.07) is 9.09. The SMILES string of the molecule is C=CC(=O)N1CCC(C(=O)N2CC(=O)N[C@H](CO)C2)(c2ccccc2)CC1. The fraction of sp³-hybridized carbons (Fsp3) is 0.450. The molecule has 2 heterocycles. The van der Waals surface area contributed by atoms with Crippen LogP contribution >= 0.6 is 0 Å². The quantitative estimate of drug-likeness (QED) is 0.732. The zero-order valence-electron chi connectivity index (χ0n) is 15.3. The first-order chi connectivity index (χ1) is 13.0. The zero-order chi connectivity index (χ0) is 19.4. The van der Waals surface area contributed by atoms with Crippen LogP contribution in [0.2, 0.25) is 0 Å².